The Bertz CT molecular complexity index is 892. The van der Waals surface area contributed by atoms with Crippen molar-refractivity contribution in [2.24, 2.45) is 0 Å². The highest BCUT2D eigenvalue weighted by atomic mass is 28.3. The fraction of sp³-hybridized carbons (Fsp3) is 0.158. The third-order valence-electron chi connectivity index (χ3n) is 3.40. The summed E-state index contributed by atoms with van der Waals surface area (Å²) in [5, 5.41) is 3.69. The molecule has 3 aromatic rings. The number of fused-ring (bicyclic) bond motifs is 2. The van der Waals surface area contributed by atoms with Crippen molar-refractivity contribution >= 4 is 29.6 Å². The Labute approximate surface area is 125 Å². The van der Waals surface area contributed by atoms with Crippen LogP contribution >= 0.6 is 0 Å². The van der Waals surface area contributed by atoms with Gasteiger partial charge in [0.05, 0.1) is 0 Å². The first-order valence-electron chi connectivity index (χ1n) is 7.09. The lowest BCUT2D eigenvalue weighted by atomic mass is 9.97. The van der Waals surface area contributed by atoms with Gasteiger partial charge in [-0.25, -0.2) is 4.39 Å². The molecule has 0 amide bonds. The van der Waals surface area contributed by atoms with E-state index in [1.165, 1.54) is 6.07 Å². The summed E-state index contributed by atoms with van der Waals surface area (Å²) >= 11 is 0. The molecule has 0 radical (unpaired) electrons. The second-order valence-corrected chi connectivity index (χ2v) is 11.1. The minimum Gasteiger partial charge on any atom is -0.206 e. The Kier molecular flexibility index (Phi) is 3.31. The van der Waals surface area contributed by atoms with Crippen molar-refractivity contribution in [2.45, 2.75) is 19.6 Å². The first kappa shape index (κ1) is 13.9. The van der Waals surface area contributed by atoms with Crippen LogP contribution in [0.15, 0.2) is 48.5 Å². The van der Waals surface area contributed by atoms with Crippen molar-refractivity contribution in [3.63, 3.8) is 0 Å². The summed E-state index contributed by atoms with van der Waals surface area (Å²) in [4.78, 5) is 0. The van der Waals surface area contributed by atoms with Crippen molar-refractivity contribution < 1.29 is 4.39 Å². The Morgan fingerprint density at radius 3 is 2.38 bits per heavy atom. The maximum Gasteiger partial charge on any atom is 0.132 e. The average Bonchev–Trinajstić information content (AvgIpc) is 2.43. The molecule has 0 bridgehead atoms. The molecule has 0 N–H and O–H groups in total. The van der Waals surface area contributed by atoms with Crippen LogP contribution in [-0.2, 0) is 0 Å². The van der Waals surface area contributed by atoms with Crippen LogP contribution in [0.2, 0.25) is 19.6 Å². The number of benzene rings is 3. The molecule has 0 saturated heterocycles. The molecule has 3 aromatic carbocycles. The van der Waals surface area contributed by atoms with E-state index in [0.29, 0.717) is 5.39 Å². The van der Waals surface area contributed by atoms with E-state index in [9.17, 15) is 4.39 Å². The van der Waals surface area contributed by atoms with Gasteiger partial charge in [0.15, 0.2) is 0 Å². The molecule has 0 nitrogen and oxygen atoms in total. The third-order valence-corrected chi connectivity index (χ3v) is 4.27. The van der Waals surface area contributed by atoms with Crippen LogP contribution in [0.4, 0.5) is 4.39 Å². The summed E-state index contributed by atoms with van der Waals surface area (Å²) in [5.41, 5.74) is 4.19. The minimum atomic E-state index is -1.52. The summed E-state index contributed by atoms with van der Waals surface area (Å²) in [5.74, 6) is 3.09. The third kappa shape index (κ3) is 2.70. The van der Waals surface area contributed by atoms with Gasteiger partial charge in [-0.1, -0.05) is 62.0 Å². The van der Waals surface area contributed by atoms with Gasteiger partial charge in [0, 0.05) is 10.9 Å². The standard InChI is InChI=1S/C19H17FSi/c1-21(2,3)12-11-17-16-9-5-4-7-14(16)13-15-8-6-10-18(20)19(15)17/h4-10,13H,1-3H3. The zero-order chi connectivity index (χ0) is 15.0. The van der Waals surface area contributed by atoms with Crippen LogP contribution in [0, 0.1) is 17.3 Å². The van der Waals surface area contributed by atoms with E-state index in [-0.39, 0.29) is 5.82 Å². The topological polar surface area (TPSA) is 0 Å². The van der Waals surface area contributed by atoms with Gasteiger partial charge in [0.2, 0.25) is 0 Å². The highest BCUT2D eigenvalue weighted by molar-refractivity contribution is 6.83. The van der Waals surface area contributed by atoms with Crippen LogP contribution in [-0.4, -0.2) is 8.07 Å². The monoisotopic (exact) mass is 292 g/mol. The van der Waals surface area contributed by atoms with Gasteiger partial charge < -0.3 is 0 Å². The van der Waals surface area contributed by atoms with Crippen molar-refractivity contribution in [1.82, 2.24) is 0 Å². The zero-order valence-corrected chi connectivity index (χ0v) is 13.5. The number of halogens is 1. The molecular formula is C19H17FSi. The molecule has 2 heteroatoms. The highest BCUT2D eigenvalue weighted by Gasteiger charge is 2.12. The molecule has 0 aliphatic rings. The fourth-order valence-corrected chi connectivity index (χ4v) is 2.96. The van der Waals surface area contributed by atoms with E-state index in [1.54, 1.807) is 6.07 Å². The number of hydrogen-bond donors (Lipinski definition) is 0. The van der Waals surface area contributed by atoms with Gasteiger partial charge in [0.25, 0.3) is 0 Å². The molecule has 0 unspecified atom stereocenters. The van der Waals surface area contributed by atoms with Crippen molar-refractivity contribution in [3.8, 4) is 11.5 Å². The number of rotatable bonds is 0. The first-order valence-corrected chi connectivity index (χ1v) is 10.6. The lowest BCUT2D eigenvalue weighted by Gasteiger charge is -2.09. The molecular weight excluding hydrogens is 275 g/mol. The van der Waals surface area contributed by atoms with Crippen molar-refractivity contribution in [1.29, 1.82) is 0 Å². The predicted octanol–water partition coefficient (Wildman–Crippen LogP) is 5.36. The van der Waals surface area contributed by atoms with Crippen molar-refractivity contribution in [2.75, 3.05) is 0 Å². The van der Waals surface area contributed by atoms with Gasteiger partial charge in [-0.2, -0.15) is 0 Å². The van der Waals surface area contributed by atoms with E-state index >= 15 is 0 Å². The molecule has 0 fully saturated rings. The van der Waals surface area contributed by atoms with Gasteiger partial charge >= 0.3 is 0 Å². The Balaban J connectivity index is 2.47. The van der Waals surface area contributed by atoms with E-state index in [4.69, 9.17) is 0 Å². The Morgan fingerprint density at radius 2 is 1.62 bits per heavy atom. The quantitative estimate of drug-likeness (QED) is 0.297. The van der Waals surface area contributed by atoms with E-state index in [0.717, 1.165) is 21.7 Å². The second kappa shape index (κ2) is 5.02. The molecule has 104 valence electrons. The van der Waals surface area contributed by atoms with Crippen LogP contribution in [0.5, 0.6) is 0 Å². The highest BCUT2D eigenvalue weighted by Crippen LogP contribution is 2.29. The minimum absolute atomic E-state index is 0.196. The Morgan fingerprint density at radius 1 is 0.905 bits per heavy atom. The van der Waals surface area contributed by atoms with Crippen LogP contribution in [0.1, 0.15) is 5.56 Å². The van der Waals surface area contributed by atoms with Gasteiger partial charge in [-0.3, -0.25) is 0 Å². The van der Waals surface area contributed by atoms with Crippen LogP contribution in [0.25, 0.3) is 21.5 Å². The largest absolute Gasteiger partial charge is 0.206 e. The van der Waals surface area contributed by atoms with Crippen molar-refractivity contribution in [3.05, 3.63) is 59.9 Å². The lowest BCUT2D eigenvalue weighted by molar-refractivity contribution is 0.640. The molecule has 0 heterocycles. The predicted molar refractivity (Wildman–Crippen MR) is 91.6 cm³/mol. The normalized spacial score (nSPS) is 11.4. The van der Waals surface area contributed by atoms with E-state index in [2.05, 4.69) is 37.2 Å². The molecule has 21 heavy (non-hydrogen) atoms. The fourth-order valence-electron chi connectivity index (χ4n) is 2.46. The number of hydrogen-bond acceptors (Lipinski definition) is 0. The SMILES string of the molecule is C[Si](C)(C)C#Cc1c2ccccc2cc2cccc(F)c12. The van der Waals surface area contributed by atoms with E-state index in [1.807, 2.05) is 30.3 Å². The Hall–Kier alpha value is -2.11. The summed E-state index contributed by atoms with van der Waals surface area (Å²) in [6.45, 7) is 6.59. The molecule has 0 aliphatic heterocycles. The molecule has 0 spiro atoms. The van der Waals surface area contributed by atoms with Gasteiger partial charge in [0.1, 0.15) is 13.9 Å². The van der Waals surface area contributed by atoms with Crippen LogP contribution < -0.4 is 0 Å². The zero-order valence-electron chi connectivity index (χ0n) is 12.5. The molecule has 0 saturated carbocycles. The molecule has 0 atom stereocenters. The average molecular weight is 292 g/mol. The summed E-state index contributed by atoms with van der Waals surface area (Å²) in [7, 11) is -1.52. The second-order valence-electron chi connectivity index (χ2n) is 6.31. The summed E-state index contributed by atoms with van der Waals surface area (Å²) in [6, 6.07) is 15.3. The maximum atomic E-state index is 14.3. The smallest absolute Gasteiger partial charge is 0.132 e. The first-order chi connectivity index (χ1) is 9.96. The van der Waals surface area contributed by atoms with Gasteiger partial charge in [-0.15, -0.1) is 5.54 Å². The molecule has 0 aliphatic carbocycles. The summed E-state index contributed by atoms with van der Waals surface area (Å²) < 4.78 is 14.3. The molecule has 3 rings (SSSR count). The summed E-state index contributed by atoms with van der Waals surface area (Å²) in [6.07, 6.45) is 0. The molecule has 0 aromatic heterocycles. The maximum absolute atomic E-state index is 14.3. The van der Waals surface area contributed by atoms with E-state index < -0.39 is 8.07 Å². The lowest BCUT2D eigenvalue weighted by Crippen LogP contribution is -2.16. The van der Waals surface area contributed by atoms with Gasteiger partial charge in [-0.05, 0) is 28.3 Å². The van der Waals surface area contributed by atoms with Crippen LogP contribution in [0.3, 0.4) is 0 Å².